The number of nitrogens with one attached hydrogen (secondary N) is 1. The van der Waals surface area contributed by atoms with Crippen LogP contribution in [0.3, 0.4) is 0 Å². The molecule has 0 saturated carbocycles. The van der Waals surface area contributed by atoms with Crippen LogP contribution in [0.25, 0.3) is 0 Å². The molecule has 1 aromatic heterocycles. The highest BCUT2D eigenvalue weighted by Gasteiger charge is 2.14. The van der Waals surface area contributed by atoms with Gasteiger partial charge in [0, 0.05) is 23.9 Å². The largest absolute Gasteiger partial charge is 0.326 e. The first kappa shape index (κ1) is 9.85. The number of halogens is 2. The minimum Gasteiger partial charge on any atom is -0.326 e. The van der Waals surface area contributed by atoms with Gasteiger partial charge in [-0.2, -0.15) is 0 Å². The molecule has 0 unspecified atom stereocenters. The molecule has 0 radical (unpaired) electrons. The maximum atomic E-state index is 12.4. The molecule has 0 amide bonds. The zero-order chi connectivity index (χ0) is 10.0. The molecule has 0 aliphatic carbocycles. The molecule has 0 bridgehead atoms. The van der Waals surface area contributed by atoms with Gasteiger partial charge < -0.3 is 10.7 Å². The summed E-state index contributed by atoms with van der Waals surface area (Å²) in [6.45, 7) is 1.55. The zero-order valence-corrected chi connectivity index (χ0v) is 7.10. The highest BCUT2D eigenvalue weighted by atomic mass is 19.3. The normalized spacial score (nSPS) is 10.8. The number of alkyl halides is 2. The quantitative estimate of drug-likeness (QED) is 0.729. The van der Waals surface area contributed by atoms with Crippen LogP contribution in [-0.2, 0) is 6.54 Å². The van der Waals surface area contributed by atoms with Crippen molar-refractivity contribution in [2.75, 3.05) is 0 Å². The molecule has 1 rings (SSSR count). The van der Waals surface area contributed by atoms with Crippen LogP contribution < -0.4 is 11.3 Å². The van der Waals surface area contributed by atoms with Crippen molar-refractivity contribution in [2.24, 2.45) is 5.73 Å². The summed E-state index contributed by atoms with van der Waals surface area (Å²) in [5, 5.41) is 0. The Morgan fingerprint density at radius 3 is 2.69 bits per heavy atom. The lowest BCUT2D eigenvalue weighted by atomic mass is 10.1. The summed E-state index contributed by atoms with van der Waals surface area (Å²) in [5.74, 6) is 0. The standard InChI is InChI=1S/C8H10F2N2O/c1-4-6(3-11)5(8(9)10)2-7(13)12-4/h2,8H,3,11H2,1H3,(H,12,13). The van der Waals surface area contributed by atoms with Crippen LogP contribution >= 0.6 is 0 Å². The van der Waals surface area contributed by atoms with Gasteiger partial charge in [-0.3, -0.25) is 4.79 Å². The highest BCUT2D eigenvalue weighted by molar-refractivity contribution is 5.30. The first-order chi connectivity index (χ1) is 6.06. The van der Waals surface area contributed by atoms with Gasteiger partial charge in [0.1, 0.15) is 0 Å². The third-order valence-electron chi connectivity index (χ3n) is 1.84. The van der Waals surface area contributed by atoms with Crippen molar-refractivity contribution in [2.45, 2.75) is 19.9 Å². The van der Waals surface area contributed by atoms with Gasteiger partial charge in [0.15, 0.2) is 0 Å². The van der Waals surface area contributed by atoms with Crippen LogP contribution in [0, 0.1) is 6.92 Å². The second-order valence-electron chi connectivity index (χ2n) is 2.70. The Kier molecular flexibility index (Phi) is 2.77. The van der Waals surface area contributed by atoms with Crippen LogP contribution in [0.15, 0.2) is 10.9 Å². The van der Waals surface area contributed by atoms with Crippen molar-refractivity contribution in [3.63, 3.8) is 0 Å². The maximum Gasteiger partial charge on any atom is 0.264 e. The molecule has 1 heterocycles. The molecule has 3 nitrogen and oxygen atoms in total. The molecule has 0 aromatic carbocycles. The average Bonchev–Trinajstić information content (AvgIpc) is 2.02. The van der Waals surface area contributed by atoms with Crippen LogP contribution in [0.2, 0.25) is 0 Å². The Balaban J connectivity index is 3.38. The van der Waals surface area contributed by atoms with Gasteiger partial charge >= 0.3 is 0 Å². The average molecular weight is 188 g/mol. The molecule has 0 atom stereocenters. The number of aryl methyl sites for hydroxylation is 1. The molecule has 0 aliphatic heterocycles. The van der Waals surface area contributed by atoms with Gasteiger partial charge in [0.25, 0.3) is 6.43 Å². The maximum absolute atomic E-state index is 12.4. The number of rotatable bonds is 2. The van der Waals surface area contributed by atoms with Crippen molar-refractivity contribution in [3.8, 4) is 0 Å². The molecule has 1 aromatic rings. The summed E-state index contributed by atoms with van der Waals surface area (Å²) in [5.41, 5.74) is 5.21. The predicted molar refractivity (Wildman–Crippen MR) is 44.6 cm³/mol. The molecule has 5 heteroatoms. The van der Waals surface area contributed by atoms with E-state index >= 15 is 0 Å². The summed E-state index contributed by atoms with van der Waals surface area (Å²) in [7, 11) is 0. The molecule has 0 saturated heterocycles. The second-order valence-corrected chi connectivity index (χ2v) is 2.70. The molecule has 0 fully saturated rings. The second kappa shape index (κ2) is 3.66. The Morgan fingerprint density at radius 2 is 2.23 bits per heavy atom. The van der Waals surface area contributed by atoms with E-state index in [0.29, 0.717) is 11.3 Å². The van der Waals surface area contributed by atoms with Crippen LogP contribution in [0.4, 0.5) is 8.78 Å². The van der Waals surface area contributed by atoms with Gasteiger partial charge in [-0.05, 0) is 12.5 Å². The monoisotopic (exact) mass is 188 g/mol. The molecular formula is C8H10F2N2O. The highest BCUT2D eigenvalue weighted by Crippen LogP contribution is 2.22. The molecule has 13 heavy (non-hydrogen) atoms. The van der Waals surface area contributed by atoms with E-state index in [4.69, 9.17) is 5.73 Å². The third kappa shape index (κ3) is 1.92. The Morgan fingerprint density at radius 1 is 1.62 bits per heavy atom. The SMILES string of the molecule is Cc1[nH]c(=O)cc(C(F)F)c1CN. The first-order valence-electron chi connectivity index (χ1n) is 3.77. The van der Waals surface area contributed by atoms with E-state index in [9.17, 15) is 13.6 Å². The van der Waals surface area contributed by atoms with Crippen molar-refractivity contribution in [1.29, 1.82) is 0 Å². The predicted octanol–water partition coefficient (Wildman–Crippen LogP) is 1.08. The third-order valence-corrected chi connectivity index (χ3v) is 1.84. The Hall–Kier alpha value is -1.23. The van der Waals surface area contributed by atoms with Gasteiger partial charge in [-0.15, -0.1) is 0 Å². The Labute approximate surface area is 73.6 Å². The van der Waals surface area contributed by atoms with Crippen LogP contribution in [0.1, 0.15) is 23.2 Å². The van der Waals surface area contributed by atoms with Crippen molar-refractivity contribution in [3.05, 3.63) is 33.2 Å². The van der Waals surface area contributed by atoms with Gasteiger partial charge in [-0.25, -0.2) is 8.78 Å². The first-order valence-corrected chi connectivity index (χ1v) is 3.77. The lowest BCUT2D eigenvalue weighted by Crippen LogP contribution is -2.14. The van der Waals surface area contributed by atoms with E-state index in [2.05, 4.69) is 4.98 Å². The summed E-state index contributed by atoms with van der Waals surface area (Å²) in [6.07, 6.45) is -2.65. The minimum absolute atomic E-state index is 0.00227. The number of aromatic nitrogens is 1. The summed E-state index contributed by atoms with van der Waals surface area (Å²) >= 11 is 0. The molecule has 72 valence electrons. The van der Waals surface area contributed by atoms with Crippen molar-refractivity contribution in [1.82, 2.24) is 4.98 Å². The summed E-state index contributed by atoms with van der Waals surface area (Å²) in [6, 6.07) is 0.889. The molecular weight excluding hydrogens is 178 g/mol. The van der Waals surface area contributed by atoms with E-state index < -0.39 is 12.0 Å². The Bertz CT molecular complexity index is 360. The van der Waals surface area contributed by atoms with Gasteiger partial charge in [0.05, 0.1) is 0 Å². The summed E-state index contributed by atoms with van der Waals surface area (Å²) in [4.78, 5) is 13.3. The van der Waals surface area contributed by atoms with Gasteiger partial charge in [0.2, 0.25) is 5.56 Å². The number of nitrogens with two attached hydrogens (primary N) is 1. The number of hydrogen-bond donors (Lipinski definition) is 2. The molecule has 0 aliphatic rings. The number of aromatic amines is 1. The molecule has 3 N–H and O–H groups in total. The minimum atomic E-state index is -2.65. The van der Waals surface area contributed by atoms with Crippen LogP contribution in [0.5, 0.6) is 0 Å². The number of hydrogen-bond acceptors (Lipinski definition) is 2. The molecule has 0 spiro atoms. The fourth-order valence-corrected chi connectivity index (χ4v) is 1.21. The smallest absolute Gasteiger partial charge is 0.264 e. The lowest BCUT2D eigenvalue weighted by molar-refractivity contribution is 0.150. The van der Waals surface area contributed by atoms with Crippen molar-refractivity contribution >= 4 is 0 Å². The number of pyridine rings is 1. The van der Waals surface area contributed by atoms with E-state index in [1.54, 1.807) is 6.92 Å². The van der Waals surface area contributed by atoms with Crippen LogP contribution in [-0.4, -0.2) is 4.98 Å². The summed E-state index contributed by atoms with van der Waals surface area (Å²) < 4.78 is 24.7. The van der Waals surface area contributed by atoms with E-state index in [1.165, 1.54) is 0 Å². The fraction of sp³-hybridized carbons (Fsp3) is 0.375. The van der Waals surface area contributed by atoms with E-state index in [0.717, 1.165) is 6.07 Å². The topological polar surface area (TPSA) is 58.9 Å². The van der Waals surface area contributed by atoms with Gasteiger partial charge in [-0.1, -0.05) is 0 Å². The van der Waals surface area contributed by atoms with Crippen molar-refractivity contribution < 1.29 is 8.78 Å². The lowest BCUT2D eigenvalue weighted by Gasteiger charge is -2.08. The fourth-order valence-electron chi connectivity index (χ4n) is 1.21. The van der Waals surface area contributed by atoms with E-state index in [1.807, 2.05) is 0 Å². The zero-order valence-electron chi connectivity index (χ0n) is 7.10. The van der Waals surface area contributed by atoms with E-state index in [-0.39, 0.29) is 12.1 Å². The number of H-pyrrole nitrogens is 1.